The quantitative estimate of drug-likeness (QED) is 0.216. The summed E-state index contributed by atoms with van der Waals surface area (Å²) in [6, 6.07) is 22.6. The summed E-state index contributed by atoms with van der Waals surface area (Å²) in [4.78, 5) is 26.8. The molecule has 174 valence electrons. The van der Waals surface area contributed by atoms with E-state index < -0.39 is 19.3 Å². The normalized spacial score (nSPS) is 11.9. The number of rotatable bonds is 6. The first-order chi connectivity index (χ1) is 16.1. The van der Waals surface area contributed by atoms with Crippen molar-refractivity contribution >= 4 is 57.2 Å². The van der Waals surface area contributed by atoms with Crippen molar-refractivity contribution in [2.45, 2.75) is 25.8 Å². The standard InChI is InChI=1S/C24H23N3O5SSi/c1-24(2,3)34(17-10-6-4-7-11-17,18-12-8-5-9-13-18)32-19-14-16(27(30)31)15-20-21(19)25-22(33-20)26-23(28)29/h4-15H,1-3H3,(H,25,26)(H,28,29). The van der Waals surface area contributed by atoms with Crippen molar-refractivity contribution in [3.8, 4) is 5.75 Å². The molecule has 0 aliphatic heterocycles. The molecule has 10 heteroatoms. The number of anilines is 1. The fourth-order valence-corrected chi connectivity index (χ4v) is 9.45. The molecule has 1 amide bonds. The minimum absolute atomic E-state index is 0.121. The number of carbonyl (C=O) groups is 1. The van der Waals surface area contributed by atoms with Gasteiger partial charge < -0.3 is 9.53 Å². The highest BCUT2D eigenvalue weighted by Gasteiger charge is 2.52. The topological polar surface area (TPSA) is 115 Å². The van der Waals surface area contributed by atoms with Gasteiger partial charge in [0.15, 0.2) is 5.13 Å². The SMILES string of the molecule is CC(C)(C)[Si](Oc1cc([N+](=O)[O-])cc2sc(NC(=O)O)nc12)(c1ccccc1)c1ccccc1. The number of nitrogens with one attached hydrogen (secondary N) is 1. The Bertz CT molecular complexity index is 1310. The number of aromatic nitrogens is 1. The summed E-state index contributed by atoms with van der Waals surface area (Å²) in [5, 5.41) is 24.8. The van der Waals surface area contributed by atoms with Gasteiger partial charge in [0.05, 0.1) is 15.7 Å². The second-order valence-electron chi connectivity index (χ2n) is 8.76. The zero-order valence-corrected chi connectivity index (χ0v) is 20.6. The molecule has 0 radical (unpaired) electrons. The third kappa shape index (κ3) is 4.25. The van der Waals surface area contributed by atoms with Crippen molar-refractivity contribution < 1.29 is 19.3 Å². The summed E-state index contributed by atoms with van der Waals surface area (Å²) in [7, 11) is -3.08. The summed E-state index contributed by atoms with van der Waals surface area (Å²) < 4.78 is 7.43. The lowest BCUT2D eigenvalue weighted by molar-refractivity contribution is -0.384. The molecular formula is C24H23N3O5SSi. The molecule has 0 saturated heterocycles. The lowest BCUT2D eigenvalue weighted by Crippen LogP contribution is -2.68. The number of hydrogen-bond acceptors (Lipinski definition) is 6. The van der Waals surface area contributed by atoms with Crippen molar-refractivity contribution in [3.05, 3.63) is 82.9 Å². The number of non-ortho nitro benzene ring substituents is 1. The van der Waals surface area contributed by atoms with Crippen LogP contribution in [0.3, 0.4) is 0 Å². The highest BCUT2D eigenvalue weighted by molar-refractivity contribution is 7.22. The number of thiazole rings is 1. The Kier molecular flexibility index (Phi) is 6.11. The first kappa shape index (κ1) is 23.4. The number of benzene rings is 3. The molecule has 0 unspecified atom stereocenters. The van der Waals surface area contributed by atoms with Crippen LogP contribution in [0.25, 0.3) is 10.2 Å². The number of nitro benzene ring substituents is 1. The first-order valence-corrected chi connectivity index (χ1v) is 13.2. The van der Waals surface area contributed by atoms with Gasteiger partial charge in [-0.2, -0.15) is 0 Å². The minimum Gasteiger partial charge on any atom is -0.532 e. The smallest absolute Gasteiger partial charge is 0.410 e. The van der Waals surface area contributed by atoms with Gasteiger partial charge >= 0.3 is 14.4 Å². The summed E-state index contributed by atoms with van der Waals surface area (Å²) in [6.45, 7) is 6.31. The van der Waals surface area contributed by atoms with Crippen LogP contribution in [-0.2, 0) is 0 Å². The number of carboxylic acid groups (broad SMARTS) is 1. The lowest BCUT2D eigenvalue weighted by atomic mass is 10.2. The summed E-state index contributed by atoms with van der Waals surface area (Å²) >= 11 is 1.02. The fraction of sp³-hybridized carbons (Fsp3) is 0.167. The molecule has 1 heterocycles. The summed E-state index contributed by atoms with van der Waals surface area (Å²) in [5.74, 6) is 0.258. The first-order valence-electron chi connectivity index (χ1n) is 10.5. The molecule has 0 saturated carbocycles. The van der Waals surface area contributed by atoms with Gasteiger partial charge in [-0.3, -0.25) is 15.4 Å². The zero-order chi connectivity index (χ0) is 24.5. The molecule has 2 N–H and O–H groups in total. The average molecular weight is 494 g/mol. The lowest BCUT2D eigenvalue weighted by Gasteiger charge is -2.42. The Morgan fingerprint density at radius 3 is 2.09 bits per heavy atom. The fourth-order valence-electron chi connectivity index (χ4n) is 4.13. The molecule has 34 heavy (non-hydrogen) atoms. The Morgan fingerprint density at radius 2 is 1.62 bits per heavy atom. The van der Waals surface area contributed by atoms with Gasteiger partial charge in [-0.1, -0.05) is 92.8 Å². The highest BCUT2D eigenvalue weighted by atomic mass is 32.1. The molecule has 0 fully saturated rings. The van der Waals surface area contributed by atoms with Crippen LogP contribution in [0.5, 0.6) is 5.75 Å². The average Bonchev–Trinajstić information content (AvgIpc) is 3.19. The molecule has 0 spiro atoms. The maximum absolute atomic E-state index is 11.7. The molecular weight excluding hydrogens is 470 g/mol. The third-order valence-corrected chi connectivity index (χ3v) is 11.4. The van der Waals surface area contributed by atoms with Gasteiger partial charge in [0.25, 0.3) is 5.69 Å². The van der Waals surface area contributed by atoms with E-state index in [0.717, 1.165) is 21.7 Å². The molecule has 4 rings (SSSR count). The molecule has 0 bridgehead atoms. The van der Waals surface area contributed by atoms with Crippen molar-refractivity contribution in [2.24, 2.45) is 0 Å². The van der Waals surface area contributed by atoms with Gasteiger partial charge in [-0.25, -0.2) is 9.78 Å². The van der Waals surface area contributed by atoms with Crippen LogP contribution >= 0.6 is 11.3 Å². The summed E-state index contributed by atoms with van der Waals surface area (Å²) in [6.07, 6.45) is -1.26. The van der Waals surface area contributed by atoms with Crippen LogP contribution in [0.2, 0.25) is 5.04 Å². The van der Waals surface area contributed by atoms with E-state index in [2.05, 4.69) is 31.1 Å². The minimum atomic E-state index is -3.08. The predicted molar refractivity (Wildman–Crippen MR) is 136 cm³/mol. The number of nitro groups is 1. The Morgan fingerprint density at radius 1 is 1.06 bits per heavy atom. The maximum Gasteiger partial charge on any atom is 0.410 e. The van der Waals surface area contributed by atoms with E-state index in [4.69, 9.17) is 9.53 Å². The Labute approximate surface area is 201 Å². The van der Waals surface area contributed by atoms with Crippen LogP contribution in [0, 0.1) is 10.1 Å². The van der Waals surface area contributed by atoms with Crippen molar-refractivity contribution in [1.82, 2.24) is 4.98 Å². The van der Waals surface area contributed by atoms with Gasteiger partial charge in [-0.05, 0) is 15.4 Å². The maximum atomic E-state index is 11.7. The second-order valence-corrected chi connectivity index (χ2v) is 14.0. The van der Waals surface area contributed by atoms with E-state index in [0.29, 0.717) is 10.2 Å². The number of fused-ring (bicyclic) bond motifs is 1. The van der Waals surface area contributed by atoms with E-state index in [1.807, 2.05) is 60.7 Å². The molecule has 4 aromatic rings. The van der Waals surface area contributed by atoms with Crippen molar-refractivity contribution in [2.75, 3.05) is 5.32 Å². The number of hydrogen-bond donors (Lipinski definition) is 2. The molecule has 0 aliphatic rings. The summed E-state index contributed by atoms with van der Waals surface area (Å²) in [5.41, 5.74) is 0.235. The van der Waals surface area contributed by atoms with Crippen molar-refractivity contribution in [1.29, 1.82) is 0 Å². The molecule has 0 atom stereocenters. The largest absolute Gasteiger partial charge is 0.532 e. The highest BCUT2D eigenvalue weighted by Crippen LogP contribution is 2.42. The van der Waals surface area contributed by atoms with Crippen LogP contribution in [0.15, 0.2) is 72.8 Å². The predicted octanol–water partition coefficient (Wildman–Crippen LogP) is 5.23. The van der Waals surface area contributed by atoms with Crippen molar-refractivity contribution in [3.63, 3.8) is 0 Å². The van der Waals surface area contributed by atoms with Crippen LogP contribution in [0.4, 0.5) is 15.6 Å². The Hall–Kier alpha value is -3.76. The van der Waals surface area contributed by atoms with E-state index in [1.54, 1.807) is 0 Å². The molecule has 8 nitrogen and oxygen atoms in total. The zero-order valence-electron chi connectivity index (χ0n) is 18.8. The van der Waals surface area contributed by atoms with Crippen LogP contribution in [0.1, 0.15) is 20.8 Å². The molecule has 1 aromatic heterocycles. The van der Waals surface area contributed by atoms with E-state index in [-0.39, 0.29) is 21.6 Å². The van der Waals surface area contributed by atoms with Crippen LogP contribution < -0.4 is 20.1 Å². The molecule has 0 aliphatic carbocycles. The molecule has 3 aromatic carbocycles. The number of amides is 1. The second kappa shape index (κ2) is 8.88. The monoisotopic (exact) mass is 493 g/mol. The van der Waals surface area contributed by atoms with Crippen LogP contribution in [-0.4, -0.2) is 29.4 Å². The third-order valence-electron chi connectivity index (χ3n) is 5.55. The van der Waals surface area contributed by atoms with E-state index in [1.165, 1.54) is 12.1 Å². The van der Waals surface area contributed by atoms with Gasteiger partial charge in [0.2, 0.25) is 0 Å². The van der Waals surface area contributed by atoms with Gasteiger partial charge in [-0.15, -0.1) is 0 Å². The number of nitrogens with zero attached hydrogens (tertiary/aromatic N) is 2. The Balaban J connectivity index is 2.01. The van der Waals surface area contributed by atoms with E-state index >= 15 is 0 Å². The van der Waals surface area contributed by atoms with Gasteiger partial charge in [0.1, 0.15) is 11.3 Å². The van der Waals surface area contributed by atoms with Gasteiger partial charge in [0, 0.05) is 6.07 Å². The van der Waals surface area contributed by atoms with E-state index in [9.17, 15) is 14.9 Å².